The van der Waals surface area contributed by atoms with Crippen LogP contribution in [-0.2, 0) is 20.7 Å². The maximum atomic E-state index is 12.5. The summed E-state index contributed by atoms with van der Waals surface area (Å²) in [5.41, 5.74) is 1.45. The molecule has 30 heavy (non-hydrogen) atoms. The van der Waals surface area contributed by atoms with Gasteiger partial charge in [-0.15, -0.1) is 0 Å². The average Bonchev–Trinajstić information content (AvgIpc) is 2.73. The zero-order valence-electron chi connectivity index (χ0n) is 16.7. The zero-order chi connectivity index (χ0) is 21.5. The van der Waals surface area contributed by atoms with Crippen LogP contribution in [0.15, 0.2) is 51.9 Å². The molecule has 0 radical (unpaired) electrons. The highest BCUT2D eigenvalue weighted by Gasteiger charge is 2.16. The molecule has 0 fully saturated rings. The number of benzene rings is 1. The first-order valence-corrected chi connectivity index (χ1v) is 9.32. The summed E-state index contributed by atoms with van der Waals surface area (Å²) >= 11 is 0. The van der Waals surface area contributed by atoms with Crippen LogP contribution in [0.5, 0.6) is 5.75 Å². The van der Waals surface area contributed by atoms with Crippen LogP contribution in [0.3, 0.4) is 0 Å². The van der Waals surface area contributed by atoms with Gasteiger partial charge >= 0.3 is 17.6 Å². The van der Waals surface area contributed by atoms with E-state index in [-0.39, 0.29) is 25.2 Å². The summed E-state index contributed by atoms with van der Waals surface area (Å²) in [6.45, 7) is 2.26. The van der Waals surface area contributed by atoms with Crippen molar-refractivity contribution in [1.29, 1.82) is 0 Å². The van der Waals surface area contributed by atoms with Gasteiger partial charge in [0.05, 0.1) is 12.2 Å². The lowest BCUT2D eigenvalue weighted by Crippen LogP contribution is -2.12. The molecule has 0 unspecified atom stereocenters. The number of pyridine rings is 1. The van der Waals surface area contributed by atoms with Crippen molar-refractivity contribution in [1.82, 2.24) is 4.98 Å². The van der Waals surface area contributed by atoms with Crippen molar-refractivity contribution in [3.8, 4) is 5.75 Å². The minimum absolute atomic E-state index is 0.0882. The van der Waals surface area contributed by atoms with Gasteiger partial charge in [0.1, 0.15) is 17.9 Å². The van der Waals surface area contributed by atoms with Crippen LogP contribution in [0, 0.1) is 6.92 Å². The maximum Gasteiger partial charge on any atom is 0.343 e. The number of nitrogens with zero attached hydrogens (tertiary/aromatic N) is 1. The Bertz CT molecular complexity index is 1110. The quantitative estimate of drug-likeness (QED) is 0.241. The third-order valence-electron chi connectivity index (χ3n) is 4.40. The number of hydrogen-bond donors (Lipinski definition) is 0. The highest BCUT2D eigenvalue weighted by atomic mass is 16.6. The van der Waals surface area contributed by atoms with Crippen molar-refractivity contribution in [2.24, 2.45) is 0 Å². The lowest BCUT2D eigenvalue weighted by molar-refractivity contribution is -0.144. The van der Waals surface area contributed by atoms with E-state index in [9.17, 15) is 14.4 Å². The molecule has 0 spiro atoms. The average molecular weight is 411 g/mol. The van der Waals surface area contributed by atoms with E-state index < -0.39 is 17.6 Å². The van der Waals surface area contributed by atoms with Gasteiger partial charge in [-0.25, -0.2) is 9.59 Å². The Hall–Kier alpha value is -3.52. The SMILES string of the molecule is COCCOC(=O)CCc1cc2c(C)cc(=O)oc2cc1OC(=O)c1ccncc1. The van der Waals surface area contributed by atoms with Crippen molar-refractivity contribution >= 4 is 22.9 Å². The number of hydrogen-bond acceptors (Lipinski definition) is 8. The molecule has 2 heterocycles. The summed E-state index contributed by atoms with van der Waals surface area (Å²) in [6.07, 6.45) is 3.33. The van der Waals surface area contributed by atoms with E-state index in [1.165, 1.54) is 43.8 Å². The van der Waals surface area contributed by atoms with Crippen LogP contribution >= 0.6 is 0 Å². The molecule has 8 heteroatoms. The molecule has 1 aromatic carbocycles. The molecule has 0 saturated heterocycles. The van der Waals surface area contributed by atoms with Crippen LogP contribution in [0.4, 0.5) is 0 Å². The monoisotopic (exact) mass is 411 g/mol. The van der Waals surface area contributed by atoms with Gasteiger partial charge in [-0.2, -0.15) is 0 Å². The first kappa shape index (κ1) is 21.2. The predicted molar refractivity (Wildman–Crippen MR) is 108 cm³/mol. The van der Waals surface area contributed by atoms with E-state index in [4.69, 9.17) is 18.6 Å². The van der Waals surface area contributed by atoms with E-state index in [0.29, 0.717) is 28.7 Å². The molecule has 0 amide bonds. The van der Waals surface area contributed by atoms with Crippen LogP contribution < -0.4 is 10.4 Å². The van der Waals surface area contributed by atoms with Crippen LogP contribution in [0.2, 0.25) is 0 Å². The number of esters is 2. The Morgan fingerprint density at radius 1 is 1.10 bits per heavy atom. The number of carbonyl (C=O) groups excluding carboxylic acids is 2. The lowest BCUT2D eigenvalue weighted by Gasteiger charge is -2.12. The van der Waals surface area contributed by atoms with Crippen LogP contribution in [-0.4, -0.2) is 37.2 Å². The number of methoxy groups -OCH3 is 1. The molecule has 2 aromatic heterocycles. The second-order valence-electron chi connectivity index (χ2n) is 6.54. The van der Waals surface area contributed by atoms with Gasteiger partial charge in [-0.1, -0.05) is 0 Å². The highest BCUT2D eigenvalue weighted by molar-refractivity contribution is 5.92. The number of aromatic nitrogens is 1. The smallest absolute Gasteiger partial charge is 0.343 e. The molecule has 156 valence electrons. The molecule has 0 saturated carbocycles. The maximum absolute atomic E-state index is 12.5. The third kappa shape index (κ3) is 5.30. The first-order chi connectivity index (χ1) is 14.5. The van der Waals surface area contributed by atoms with Crippen LogP contribution in [0.1, 0.15) is 27.9 Å². The van der Waals surface area contributed by atoms with E-state index >= 15 is 0 Å². The zero-order valence-corrected chi connectivity index (χ0v) is 16.7. The molecule has 0 bridgehead atoms. The van der Waals surface area contributed by atoms with E-state index in [2.05, 4.69) is 4.98 Å². The molecule has 0 atom stereocenters. The summed E-state index contributed by atoms with van der Waals surface area (Å²) < 4.78 is 20.7. The van der Waals surface area contributed by atoms with Gasteiger partial charge < -0.3 is 18.6 Å². The molecule has 8 nitrogen and oxygen atoms in total. The highest BCUT2D eigenvalue weighted by Crippen LogP contribution is 2.29. The summed E-state index contributed by atoms with van der Waals surface area (Å²) in [4.78, 5) is 40.1. The Balaban J connectivity index is 1.89. The standard InChI is InChI=1S/C22H21NO7/c1-14-11-21(25)29-19-13-18(30-22(26)15-5-7-23-8-6-15)16(12-17(14)19)3-4-20(24)28-10-9-27-2/h5-8,11-13H,3-4,9-10H2,1-2H3. The molecule has 0 aliphatic heterocycles. The van der Waals surface area contributed by atoms with Crippen LogP contribution in [0.25, 0.3) is 11.0 Å². The second-order valence-corrected chi connectivity index (χ2v) is 6.54. The van der Waals surface area contributed by atoms with Gasteiger partial charge in [-0.3, -0.25) is 9.78 Å². The minimum Gasteiger partial charge on any atom is -0.463 e. The van der Waals surface area contributed by atoms with Gasteiger partial charge in [0, 0.05) is 43.4 Å². The number of ether oxygens (including phenoxy) is 3. The summed E-state index contributed by atoms with van der Waals surface area (Å²) in [6, 6.07) is 7.69. The van der Waals surface area contributed by atoms with Crippen molar-refractivity contribution in [2.45, 2.75) is 19.8 Å². The summed E-state index contributed by atoms with van der Waals surface area (Å²) in [5, 5.41) is 0.695. The summed E-state index contributed by atoms with van der Waals surface area (Å²) in [5.74, 6) is -0.770. The van der Waals surface area contributed by atoms with Crippen molar-refractivity contribution in [2.75, 3.05) is 20.3 Å². The van der Waals surface area contributed by atoms with E-state index in [0.717, 1.165) is 5.56 Å². The van der Waals surface area contributed by atoms with Crippen molar-refractivity contribution in [3.63, 3.8) is 0 Å². The van der Waals surface area contributed by atoms with Crippen molar-refractivity contribution in [3.05, 3.63) is 69.8 Å². The largest absolute Gasteiger partial charge is 0.463 e. The number of rotatable bonds is 8. The van der Waals surface area contributed by atoms with E-state index in [1.807, 2.05) is 0 Å². The first-order valence-electron chi connectivity index (χ1n) is 9.32. The molecule has 3 rings (SSSR count). The molecule has 0 N–H and O–H groups in total. The van der Waals surface area contributed by atoms with E-state index in [1.54, 1.807) is 13.0 Å². The molecular formula is C22H21NO7. The van der Waals surface area contributed by atoms with Gasteiger partial charge in [0.15, 0.2) is 0 Å². The molecule has 3 aromatic rings. The van der Waals surface area contributed by atoms with Gasteiger partial charge in [-0.05, 0) is 42.7 Å². The fraction of sp³-hybridized carbons (Fsp3) is 0.273. The number of carbonyl (C=O) groups is 2. The fourth-order valence-corrected chi connectivity index (χ4v) is 2.88. The Morgan fingerprint density at radius 2 is 1.87 bits per heavy atom. The number of aryl methyl sites for hydroxylation is 2. The Kier molecular flexibility index (Phi) is 6.92. The van der Waals surface area contributed by atoms with Gasteiger partial charge in [0.25, 0.3) is 0 Å². The van der Waals surface area contributed by atoms with Crippen molar-refractivity contribution < 1.29 is 28.2 Å². The third-order valence-corrected chi connectivity index (χ3v) is 4.40. The second kappa shape index (κ2) is 9.80. The predicted octanol–water partition coefficient (Wildman–Crippen LogP) is 2.84. The normalized spacial score (nSPS) is 10.7. The lowest BCUT2D eigenvalue weighted by atomic mass is 10.0. The molecular weight excluding hydrogens is 390 g/mol. The fourth-order valence-electron chi connectivity index (χ4n) is 2.88. The molecule has 0 aliphatic rings. The number of fused-ring (bicyclic) bond motifs is 1. The Labute approximate surface area is 172 Å². The Morgan fingerprint density at radius 3 is 2.60 bits per heavy atom. The summed E-state index contributed by atoms with van der Waals surface area (Å²) in [7, 11) is 1.52. The van der Waals surface area contributed by atoms with Gasteiger partial charge in [0.2, 0.25) is 0 Å². The molecule has 0 aliphatic carbocycles. The minimum atomic E-state index is -0.587. The topological polar surface area (TPSA) is 105 Å².